The van der Waals surface area contributed by atoms with Crippen molar-refractivity contribution in [3.05, 3.63) is 56.5 Å². The number of benzene rings is 3. The van der Waals surface area contributed by atoms with E-state index in [0.717, 1.165) is 21.5 Å². The lowest BCUT2D eigenvalue weighted by atomic mass is 10.0. The van der Waals surface area contributed by atoms with Gasteiger partial charge in [-0.2, -0.15) is 0 Å². The van der Waals surface area contributed by atoms with Crippen molar-refractivity contribution in [2.24, 2.45) is 0 Å². The minimum absolute atomic E-state index is 0.410. The van der Waals surface area contributed by atoms with Crippen LogP contribution in [-0.2, 0) is 0 Å². The lowest BCUT2D eigenvalue weighted by Crippen LogP contribution is -1.81. The van der Waals surface area contributed by atoms with Crippen LogP contribution < -0.4 is 0 Å². The molecule has 0 saturated heterocycles. The van der Waals surface area contributed by atoms with E-state index in [1.54, 1.807) is 12.1 Å². The Morgan fingerprint density at radius 1 is 0.667 bits per heavy atom. The largest absolute Gasteiger partial charge is 0.0820 e. The van der Waals surface area contributed by atoms with Crippen molar-refractivity contribution in [1.82, 2.24) is 0 Å². The van der Waals surface area contributed by atoms with Crippen LogP contribution >= 0.6 is 46.4 Å². The molecule has 0 nitrogen and oxygen atoms in total. The van der Waals surface area contributed by atoms with Gasteiger partial charge in [0.25, 0.3) is 0 Å². The lowest BCUT2D eigenvalue weighted by molar-refractivity contribution is 1.74. The highest BCUT2D eigenvalue weighted by atomic mass is 35.5. The first-order valence-corrected chi connectivity index (χ1v) is 6.58. The summed E-state index contributed by atoms with van der Waals surface area (Å²) in [4.78, 5) is 0. The molecule has 3 aromatic rings. The monoisotopic (exact) mass is 312 g/mol. The molecule has 0 N–H and O–H groups in total. The van der Waals surface area contributed by atoms with Gasteiger partial charge in [-0.25, -0.2) is 0 Å². The second kappa shape index (κ2) is 4.47. The normalized spacial score (nSPS) is 11.3. The molecule has 88 valence electrons. The molecule has 3 aromatic carbocycles. The van der Waals surface area contributed by atoms with Crippen LogP contribution in [-0.4, -0.2) is 0 Å². The van der Waals surface area contributed by atoms with Crippen molar-refractivity contribution < 1.29 is 0 Å². The van der Waals surface area contributed by atoms with E-state index in [0.29, 0.717) is 20.1 Å². The molecule has 0 aliphatic rings. The maximum atomic E-state index is 6.17. The molecule has 0 unspecified atom stereocenters. The van der Waals surface area contributed by atoms with E-state index < -0.39 is 0 Å². The third kappa shape index (κ3) is 1.85. The highest BCUT2D eigenvalue weighted by Crippen LogP contribution is 2.37. The second-order valence-electron chi connectivity index (χ2n) is 3.86. The first-order chi connectivity index (χ1) is 8.58. The van der Waals surface area contributed by atoms with Crippen LogP contribution in [0.1, 0.15) is 0 Å². The predicted octanol–water partition coefficient (Wildman–Crippen LogP) is 6.21. The van der Waals surface area contributed by atoms with E-state index >= 15 is 0 Å². The standard InChI is InChI=1S/C14H4Cl4/c15-11-3-1-7-5-10-8(6-9(7)13(11)17)2-4-12(16)14(10)18/h1-2,5-6H. The predicted molar refractivity (Wildman–Crippen MR) is 79.2 cm³/mol. The molecule has 0 aliphatic carbocycles. The number of fused-ring (bicyclic) bond motifs is 2. The average Bonchev–Trinajstić information content (AvgIpc) is 2.38. The topological polar surface area (TPSA) is 0 Å². The first kappa shape index (κ1) is 12.4. The maximum Gasteiger partial charge on any atom is 0.0677 e. The molecule has 0 amide bonds. The van der Waals surface area contributed by atoms with Crippen molar-refractivity contribution in [3.63, 3.8) is 0 Å². The Bertz CT molecular complexity index is 710. The number of hydrogen-bond acceptors (Lipinski definition) is 0. The lowest BCUT2D eigenvalue weighted by Gasteiger charge is -2.07. The number of hydrogen-bond donors (Lipinski definition) is 0. The summed E-state index contributed by atoms with van der Waals surface area (Å²) in [6.45, 7) is 0. The fourth-order valence-corrected chi connectivity index (χ4v) is 2.65. The fraction of sp³-hybridized carbons (Fsp3) is 0. The zero-order valence-corrected chi connectivity index (χ0v) is 11.8. The van der Waals surface area contributed by atoms with Gasteiger partial charge in [0, 0.05) is 22.9 Å². The molecule has 4 heteroatoms. The Kier molecular flexibility index (Phi) is 3.07. The van der Waals surface area contributed by atoms with Gasteiger partial charge < -0.3 is 0 Å². The molecule has 0 bridgehead atoms. The third-order valence-electron chi connectivity index (χ3n) is 2.79. The van der Waals surface area contributed by atoms with Crippen molar-refractivity contribution in [2.45, 2.75) is 0 Å². The Morgan fingerprint density at radius 3 is 1.44 bits per heavy atom. The van der Waals surface area contributed by atoms with E-state index in [-0.39, 0.29) is 0 Å². The van der Waals surface area contributed by atoms with Gasteiger partial charge in [0.15, 0.2) is 0 Å². The molecule has 18 heavy (non-hydrogen) atoms. The molecular formula is C14H4Cl4. The Balaban J connectivity index is 2.51. The molecule has 0 aliphatic heterocycles. The third-order valence-corrected chi connectivity index (χ3v) is 4.36. The van der Waals surface area contributed by atoms with Crippen LogP contribution in [0.5, 0.6) is 0 Å². The molecule has 2 radical (unpaired) electrons. The quantitative estimate of drug-likeness (QED) is 0.433. The van der Waals surface area contributed by atoms with Crippen LogP contribution in [0.25, 0.3) is 21.5 Å². The molecule has 0 aromatic heterocycles. The average molecular weight is 314 g/mol. The minimum atomic E-state index is 0.410. The second-order valence-corrected chi connectivity index (χ2v) is 5.37. The van der Waals surface area contributed by atoms with Gasteiger partial charge in [0.05, 0.1) is 20.1 Å². The maximum absolute atomic E-state index is 6.17. The van der Waals surface area contributed by atoms with E-state index in [2.05, 4.69) is 12.1 Å². The summed E-state index contributed by atoms with van der Waals surface area (Å²) in [7, 11) is 0. The van der Waals surface area contributed by atoms with E-state index in [1.807, 2.05) is 12.1 Å². The summed E-state index contributed by atoms with van der Waals surface area (Å²) in [5.41, 5.74) is 0. The summed E-state index contributed by atoms with van der Waals surface area (Å²) in [6, 6.07) is 13.2. The Hall–Kier alpha value is -0.660. The van der Waals surface area contributed by atoms with Crippen molar-refractivity contribution in [3.8, 4) is 0 Å². The summed E-state index contributed by atoms with van der Waals surface area (Å²) < 4.78 is 0. The van der Waals surface area contributed by atoms with Crippen LogP contribution in [0.4, 0.5) is 0 Å². The molecule has 0 heterocycles. The minimum Gasteiger partial charge on any atom is -0.0820 e. The summed E-state index contributed by atoms with van der Waals surface area (Å²) in [5.74, 6) is 0. The van der Waals surface area contributed by atoms with Crippen molar-refractivity contribution in [2.75, 3.05) is 0 Å². The van der Waals surface area contributed by atoms with Crippen molar-refractivity contribution >= 4 is 67.9 Å². The molecule has 0 atom stereocenters. The van der Waals surface area contributed by atoms with Crippen LogP contribution in [0.15, 0.2) is 24.3 Å². The molecule has 0 fully saturated rings. The van der Waals surface area contributed by atoms with Gasteiger partial charge in [-0.3, -0.25) is 0 Å². The van der Waals surface area contributed by atoms with E-state index in [9.17, 15) is 0 Å². The van der Waals surface area contributed by atoms with E-state index in [1.165, 1.54) is 0 Å². The van der Waals surface area contributed by atoms with Crippen LogP contribution in [0.3, 0.4) is 0 Å². The molecule has 0 spiro atoms. The molecular weight excluding hydrogens is 310 g/mol. The smallest absolute Gasteiger partial charge is 0.0677 e. The van der Waals surface area contributed by atoms with Gasteiger partial charge >= 0.3 is 0 Å². The van der Waals surface area contributed by atoms with Gasteiger partial charge in [-0.15, -0.1) is 0 Å². The summed E-state index contributed by atoms with van der Waals surface area (Å²) in [6.07, 6.45) is 0. The van der Waals surface area contributed by atoms with E-state index in [4.69, 9.17) is 46.4 Å². The van der Waals surface area contributed by atoms with Gasteiger partial charge in [0.1, 0.15) is 0 Å². The highest BCUT2D eigenvalue weighted by molar-refractivity contribution is 6.47. The fourth-order valence-electron chi connectivity index (χ4n) is 1.90. The zero-order chi connectivity index (χ0) is 12.9. The molecule has 3 rings (SSSR count). The number of halogens is 4. The number of rotatable bonds is 0. The van der Waals surface area contributed by atoms with Crippen molar-refractivity contribution in [1.29, 1.82) is 0 Å². The van der Waals surface area contributed by atoms with Crippen LogP contribution in [0.2, 0.25) is 20.1 Å². The Labute approximate surface area is 124 Å². The zero-order valence-electron chi connectivity index (χ0n) is 8.82. The summed E-state index contributed by atoms with van der Waals surface area (Å²) in [5, 5.41) is 5.35. The highest BCUT2D eigenvalue weighted by Gasteiger charge is 2.09. The van der Waals surface area contributed by atoms with Gasteiger partial charge in [0.2, 0.25) is 0 Å². The first-order valence-electron chi connectivity index (χ1n) is 5.07. The molecule has 0 saturated carbocycles. The van der Waals surface area contributed by atoms with Crippen LogP contribution in [0, 0.1) is 12.1 Å². The Morgan fingerprint density at radius 2 is 1.06 bits per heavy atom. The van der Waals surface area contributed by atoms with Gasteiger partial charge in [-0.05, 0) is 35.0 Å². The summed E-state index contributed by atoms with van der Waals surface area (Å²) >= 11 is 24.2. The SMILES string of the molecule is Clc1[c]cc2cc3c(Cl)c(Cl)[c]cc3cc2c1Cl. The van der Waals surface area contributed by atoms with Gasteiger partial charge in [-0.1, -0.05) is 46.4 Å².